The van der Waals surface area contributed by atoms with E-state index in [2.05, 4.69) is 15.1 Å². The lowest BCUT2D eigenvalue weighted by Crippen LogP contribution is -1.92. The second-order valence-corrected chi connectivity index (χ2v) is 3.59. The maximum Gasteiger partial charge on any atom is 0.223 e. The van der Waals surface area contributed by atoms with Crippen LogP contribution in [0.5, 0.6) is 0 Å². The summed E-state index contributed by atoms with van der Waals surface area (Å²) in [6, 6.07) is 1.89. The minimum Gasteiger partial charge on any atom is -0.272 e. The Morgan fingerprint density at radius 3 is 2.80 bits per heavy atom. The summed E-state index contributed by atoms with van der Waals surface area (Å²) >= 11 is 5.79. The fraction of sp³-hybridized carbons (Fsp3) is 0.300. The second-order valence-electron chi connectivity index (χ2n) is 3.25. The summed E-state index contributed by atoms with van der Waals surface area (Å²) in [5.41, 5.74) is 2.63. The third-order valence-electron chi connectivity index (χ3n) is 2.08. The molecule has 0 aliphatic heterocycles. The molecule has 15 heavy (non-hydrogen) atoms. The molecule has 0 N–H and O–H groups in total. The number of hydrogen-bond donors (Lipinski definition) is 0. The molecule has 0 saturated heterocycles. The van der Waals surface area contributed by atoms with Gasteiger partial charge in [0.15, 0.2) is 0 Å². The highest BCUT2D eigenvalue weighted by molar-refractivity contribution is 6.28. The van der Waals surface area contributed by atoms with Gasteiger partial charge in [-0.25, -0.2) is 9.97 Å². The summed E-state index contributed by atoms with van der Waals surface area (Å²) in [5, 5.41) is 4.46. The van der Waals surface area contributed by atoms with Crippen molar-refractivity contribution in [3.05, 3.63) is 29.4 Å². The summed E-state index contributed by atoms with van der Waals surface area (Å²) in [6.07, 6.45) is 3.72. The minimum atomic E-state index is 0.272. The Bertz CT molecular complexity index is 458. The van der Waals surface area contributed by atoms with Gasteiger partial charge < -0.3 is 0 Å². The zero-order chi connectivity index (χ0) is 10.8. The number of halogens is 1. The van der Waals surface area contributed by atoms with Crippen LogP contribution in [-0.2, 0) is 6.54 Å². The van der Waals surface area contributed by atoms with E-state index < -0.39 is 0 Å². The molecular formula is C10H11ClN4. The largest absolute Gasteiger partial charge is 0.272 e. The van der Waals surface area contributed by atoms with E-state index in [9.17, 15) is 0 Å². The first-order chi connectivity index (χ1) is 7.19. The molecule has 0 fully saturated rings. The number of rotatable bonds is 2. The molecule has 0 amide bonds. The summed E-state index contributed by atoms with van der Waals surface area (Å²) in [7, 11) is 0. The molecule has 78 valence electrons. The van der Waals surface area contributed by atoms with Crippen LogP contribution in [0.15, 0.2) is 18.5 Å². The first-order valence-corrected chi connectivity index (χ1v) is 5.11. The van der Waals surface area contributed by atoms with Crippen LogP contribution in [0.2, 0.25) is 5.28 Å². The number of aromatic nitrogens is 4. The van der Waals surface area contributed by atoms with Gasteiger partial charge in [0.1, 0.15) is 0 Å². The smallest absolute Gasteiger partial charge is 0.223 e. The van der Waals surface area contributed by atoms with Crippen LogP contribution >= 0.6 is 11.6 Å². The average molecular weight is 223 g/mol. The second kappa shape index (κ2) is 3.98. The highest BCUT2D eigenvalue weighted by Gasteiger charge is 2.05. The standard InChI is InChI=1S/C10H11ClN4/c1-3-15-6-8(5-12-15)9-4-7(2)13-10(11)14-9/h4-6H,3H2,1-2H3. The van der Waals surface area contributed by atoms with Crippen LogP contribution in [0.25, 0.3) is 11.3 Å². The third kappa shape index (κ3) is 2.15. The van der Waals surface area contributed by atoms with E-state index in [1.165, 1.54) is 0 Å². The van der Waals surface area contributed by atoms with Gasteiger partial charge in [0.25, 0.3) is 0 Å². The van der Waals surface area contributed by atoms with Gasteiger partial charge in [0, 0.05) is 24.0 Å². The minimum absolute atomic E-state index is 0.272. The maximum absolute atomic E-state index is 5.79. The average Bonchev–Trinajstić information content (AvgIpc) is 2.64. The topological polar surface area (TPSA) is 43.6 Å². The first-order valence-electron chi connectivity index (χ1n) is 4.73. The molecule has 0 spiro atoms. The van der Waals surface area contributed by atoms with Crippen molar-refractivity contribution in [1.82, 2.24) is 19.7 Å². The van der Waals surface area contributed by atoms with E-state index in [-0.39, 0.29) is 5.28 Å². The molecule has 4 nitrogen and oxygen atoms in total. The SMILES string of the molecule is CCn1cc(-c2cc(C)nc(Cl)n2)cn1. The van der Waals surface area contributed by atoms with Gasteiger partial charge in [0.2, 0.25) is 5.28 Å². The van der Waals surface area contributed by atoms with Gasteiger partial charge in [-0.05, 0) is 31.5 Å². The molecule has 0 aliphatic carbocycles. The molecule has 2 aromatic rings. The van der Waals surface area contributed by atoms with Gasteiger partial charge >= 0.3 is 0 Å². The normalized spacial score (nSPS) is 10.6. The Labute approximate surface area is 92.9 Å². The molecule has 2 rings (SSSR count). The highest BCUT2D eigenvalue weighted by Crippen LogP contribution is 2.18. The fourth-order valence-electron chi connectivity index (χ4n) is 1.35. The Morgan fingerprint density at radius 1 is 1.40 bits per heavy atom. The molecule has 2 heterocycles. The fourth-order valence-corrected chi connectivity index (χ4v) is 1.57. The van der Waals surface area contributed by atoms with E-state index in [1.54, 1.807) is 6.20 Å². The molecule has 0 saturated carbocycles. The van der Waals surface area contributed by atoms with Gasteiger partial charge in [-0.15, -0.1) is 0 Å². The quantitative estimate of drug-likeness (QED) is 0.733. The Morgan fingerprint density at radius 2 is 2.20 bits per heavy atom. The van der Waals surface area contributed by atoms with Gasteiger partial charge in [0.05, 0.1) is 11.9 Å². The van der Waals surface area contributed by atoms with Crippen LogP contribution in [0.3, 0.4) is 0 Å². The van der Waals surface area contributed by atoms with Crippen molar-refractivity contribution in [3.63, 3.8) is 0 Å². The van der Waals surface area contributed by atoms with E-state index in [4.69, 9.17) is 11.6 Å². The van der Waals surface area contributed by atoms with Crippen LogP contribution < -0.4 is 0 Å². The first kappa shape index (κ1) is 10.1. The van der Waals surface area contributed by atoms with Crippen LogP contribution in [0.4, 0.5) is 0 Å². The van der Waals surface area contributed by atoms with Crippen molar-refractivity contribution in [2.24, 2.45) is 0 Å². The summed E-state index contributed by atoms with van der Waals surface area (Å²) in [5.74, 6) is 0. The van der Waals surface area contributed by atoms with Crippen molar-refractivity contribution in [2.75, 3.05) is 0 Å². The van der Waals surface area contributed by atoms with Crippen LogP contribution in [0, 0.1) is 6.92 Å². The third-order valence-corrected chi connectivity index (χ3v) is 2.25. The monoisotopic (exact) mass is 222 g/mol. The molecule has 5 heteroatoms. The lowest BCUT2D eigenvalue weighted by Gasteiger charge is -1.98. The van der Waals surface area contributed by atoms with Crippen LogP contribution in [0.1, 0.15) is 12.6 Å². The van der Waals surface area contributed by atoms with Crippen molar-refractivity contribution in [2.45, 2.75) is 20.4 Å². The Kier molecular flexibility index (Phi) is 2.68. The maximum atomic E-state index is 5.79. The number of aryl methyl sites for hydroxylation is 2. The Balaban J connectivity index is 2.44. The van der Waals surface area contributed by atoms with E-state index in [1.807, 2.05) is 30.8 Å². The summed E-state index contributed by atoms with van der Waals surface area (Å²) in [6.45, 7) is 4.77. The van der Waals surface area contributed by atoms with E-state index >= 15 is 0 Å². The molecule has 0 radical (unpaired) electrons. The number of hydrogen-bond acceptors (Lipinski definition) is 3. The summed E-state index contributed by atoms with van der Waals surface area (Å²) < 4.78 is 1.85. The van der Waals surface area contributed by atoms with Gasteiger partial charge in [-0.1, -0.05) is 0 Å². The van der Waals surface area contributed by atoms with E-state index in [0.717, 1.165) is 23.5 Å². The van der Waals surface area contributed by atoms with Gasteiger partial charge in [-0.2, -0.15) is 5.10 Å². The predicted molar refractivity (Wildman–Crippen MR) is 58.7 cm³/mol. The lowest BCUT2D eigenvalue weighted by molar-refractivity contribution is 0.660. The Hall–Kier alpha value is -1.42. The molecule has 0 unspecified atom stereocenters. The predicted octanol–water partition coefficient (Wildman–Crippen LogP) is 2.32. The van der Waals surface area contributed by atoms with Crippen LogP contribution in [-0.4, -0.2) is 19.7 Å². The molecular weight excluding hydrogens is 212 g/mol. The zero-order valence-electron chi connectivity index (χ0n) is 8.61. The van der Waals surface area contributed by atoms with Crippen molar-refractivity contribution >= 4 is 11.6 Å². The summed E-state index contributed by atoms with van der Waals surface area (Å²) in [4.78, 5) is 8.17. The molecule has 0 aliphatic rings. The molecule has 2 aromatic heterocycles. The van der Waals surface area contributed by atoms with Crippen molar-refractivity contribution < 1.29 is 0 Å². The van der Waals surface area contributed by atoms with Gasteiger partial charge in [-0.3, -0.25) is 4.68 Å². The van der Waals surface area contributed by atoms with Crippen molar-refractivity contribution in [3.8, 4) is 11.3 Å². The molecule has 0 aromatic carbocycles. The van der Waals surface area contributed by atoms with E-state index in [0.29, 0.717) is 0 Å². The zero-order valence-corrected chi connectivity index (χ0v) is 9.36. The lowest BCUT2D eigenvalue weighted by atomic mass is 10.2. The number of nitrogens with zero attached hydrogens (tertiary/aromatic N) is 4. The highest BCUT2D eigenvalue weighted by atomic mass is 35.5. The van der Waals surface area contributed by atoms with Crippen molar-refractivity contribution in [1.29, 1.82) is 0 Å². The molecule has 0 atom stereocenters. The molecule has 0 bridgehead atoms.